The van der Waals surface area contributed by atoms with Gasteiger partial charge in [-0.25, -0.2) is 4.98 Å². The Morgan fingerprint density at radius 3 is 2.52 bits per heavy atom. The Balaban J connectivity index is 1.92. The molecule has 4 nitrogen and oxygen atoms in total. The molecule has 0 spiro atoms. The van der Waals surface area contributed by atoms with Gasteiger partial charge >= 0.3 is 0 Å². The van der Waals surface area contributed by atoms with Crippen molar-refractivity contribution >= 4 is 32.8 Å². The molecule has 0 saturated heterocycles. The number of hydrogen-bond donors (Lipinski definition) is 1. The van der Waals surface area contributed by atoms with Gasteiger partial charge < -0.3 is 4.98 Å². The average Bonchev–Trinajstić information content (AvgIpc) is 3.05. The fourth-order valence-electron chi connectivity index (χ4n) is 3.05. The van der Waals surface area contributed by atoms with Crippen LogP contribution in [0.2, 0.25) is 0 Å². The summed E-state index contributed by atoms with van der Waals surface area (Å²) in [6.07, 6.45) is 3.61. The van der Waals surface area contributed by atoms with Crippen molar-refractivity contribution in [1.29, 1.82) is 0 Å². The highest BCUT2D eigenvalue weighted by molar-refractivity contribution is 6.09. The van der Waals surface area contributed by atoms with E-state index in [4.69, 9.17) is 4.98 Å². The van der Waals surface area contributed by atoms with Crippen LogP contribution in [0.5, 0.6) is 0 Å². The average molecular weight is 296 g/mol. The van der Waals surface area contributed by atoms with Crippen molar-refractivity contribution in [3.63, 3.8) is 0 Å². The molecule has 108 valence electrons. The number of aromatic amines is 1. The number of nitrogens with zero attached hydrogens (tertiary/aromatic N) is 3. The van der Waals surface area contributed by atoms with E-state index in [0.29, 0.717) is 0 Å². The first-order valence-corrected chi connectivity index (χ1v) is 7.48. The Morgan fingerprint density at radius 2 is 1.61 bits per heavy atom. The van der Waals surface area contributed by atoms with E-state index in [1.54, 1.807) is 12.4 Å². The van der Waals surface area contributed by atoms with Crippen molar-refractivity contribution in [3.05, 3.63) is 67.0 Å². The Labute approximate surface area is 131 Å². The Kier molecular flexibility index (Phi) is 2.46. The molecular weight excluding hydrogens is 284 g/mol. The van der Waals surface area contributed by atoms with Crippen molar-refractivity contribution in [1.82, 2.24) is 19.9 Å². The van der Waals surface area contributed by atoms with Gasteiger partial charge in [0.25, 0.3) is 0 Å². The maximum Gasteiger partial charge on any atom is 0.139 e. The number of rotatable bonds is 1. The van der Waals surface area contributed by atoms with Crippen molar-refractivity contribution in [2.45, 2.75) is 0 Å². The second kappa shape index (κ2) is 4.61. The minimum Gasteiger partial charge on any atom is -0.338 e. The monoisotopic (exact) mass is 296 g/mol. The number of nitrogens with one attached hydrogen (secondary N) is 1. The summed E-state index contributed by atoms with van der Waals surface area (Å²) >= 11 is 0. The fourth-order valence-corrected chi connectivity index (χ4v) is 3.05. The van der Waals surface area contributed by atoms with Gasteiger partial charge in [-0.1, -0.05) is 24.3 Å². The van der Waals surface area contributed by atoms with Gasteiger partial charge in [-0.15, -0.1) is 0 Å². The van der Waals surface area contributed by atoms with Gasteiger partial charge in [-0.2, -0.15) is 0 Å². The van der Waals surface area contributed by atoms with E-state index in [1.165, 1.54) is 0 Å². The molecule has 0 radical (unpaired) electrons. The number of H-pyrrole nitrogens is 1. The lowest BCUT2D eigenvalue weighted by Gasteiger charge is -2.07. The smallest absolute Gasteiger partial charge is 0.139 e. The number of aromatic nitrogens is 4. The molecule has 0 fully saturated rings. The summed E-state index contributed by atoms with van der Waals surface area (Å²) in [6.45, 7) is 0. The van der Waals surface area contributed by atoms with Crippen molar-refractivity contribution in [2.24, 2.45) is 0 Å². The van der Waals surface area contributed by atoms with E-state index in [2.05, 4.69) is 33.2 Å². The van der Waals surface area contributed by atoms with Crippen LogP contribution in [0.15, 0.2) is 67.0 Å². The maximum atomic E-state index is 4.74. The normalized spacial score (nSPS) is 11.5. The van der Waals surface area contributed by atoms with Crippen LogP contribution < -0.4 is 0 Å². The summed E-state index contributed by atoms with van der Waals surface area (Å²) in [5, 5.41) is 2.12. The van der Waals surface area contributed by atoms with Gasteiger partial charge in [0, 0.05) is 28.7 Å². The predicted molar refractivity (Wildman–Crippen MR) is 92.1 cm³/mol. The molecule has 5 aromatic rings. The molecule has 0 aliphatic heterocycles. The van der Waals surface area contributed by atoms with E-state index in [1.807, 2.05) is 36.4 Å². The zero-order chi connectivity index (χ0) is 15.2. The molecule has 0 bridgehead atoms. The van der Waals surface area contributed by atoms with Crippen LogP contribution in [0.4, 0.5) is 0 Å². The molecule has 0 atom stereocenters. The van der Waals surface area contributed by atoms with Crippen molar-refractivity contribution in [3.8, 4) is 11.4 Å². The Morgan fingerprint density at radius 1 is 0.783 bits per heavy atom. The largest absolute Gasteiger partial charge is 0.338 e. The maximum absolute atomic E-state index is 4.74. The first kappa shape index (κ1) is 12.3. The molecule has 0 unspecified atom stereocenters. The molecule has 3 heterocycles. The third kappa shape index (κ3) is 1.82. The molecule has 0 aliphatic carbocycles. The summed E-state index contributed by atoms with van der Waals surface area (Å²) in [5.74, 6) is 0.856. The quantitative estimate of drug-likeness (QED) is 0.468. The lowest BCUT2D eigenvalue weighted by molar-refractivity contribution is 1.33. The zero-order valence-corrected chi connectivity index (χ0v) is 12.2. The first-order chi connectivity index (χ1) is 11.4. The molecular formula is C19H12N4. The minimum absolute atomic E-state index is 0.856. The number of hydrogen-bond acceptors (Lipinski definition) is 3. The van der Waals surface area contributed by atoms with Crippen LogP contribution in [0.1, 0.15) is 0 Å². The minimum atomic E-state index is 0.856. The summed E-state index contributed by atoms with van der Waals surface area (Å²) in [5.41, 5.74) is 4.87. The third-order valence-corrected chi connectivity index (χ3v) is 4.11. The second-order valence-electron chi connectivity index (χ2n) is 5.50. The number of imidazole rings is 1. The highest BCUT2D eigenvalue weighted by atomic mass is 14.9. The van der Waals surface area contributed by atoms with Gasteiger partial charge in [0.2, 0.25) is 0 Å². The number of para-hydroxylation sites is 2. The van der Waals surface area contributed by atoms with Crippen LogP contribution in [-0.4, -0.2) is 19.9 Å². The fraction of sp³-hybridized carbons (Fsp3) is 0. The SMILES string of the molecule is c1cnc2c(c1)cc(-c1nc3ccccc3[nH]1)c1cccnc12. The topological polar surface area (TPSA) is 54.5 Å². The van der Waals surface area contributed by atoms with Crippen molar-refractivity contribution < 1.29 is 0 Å². The van der Waals surface area contributed by atoms with Crippen molar-refractivity contribution in [2.75, 3.05) is 0 Å². The molecule has 0 amide bonds. The third-order valence-electron chi connectivity index (χ3n) is 4.11. The lowest BCUT2D eigenvalue weighted by atomic mass is 10.0. The molecule has 0 saturated carbocycles. The Bertz CT molecular complexity index is 1140. The molecule has 0 aliphatic rings. The second-order valence-corrected chi connectivity index (χ2v) is 5.50. The van der Waals surface area contributed by atoms with E-state index < -0.39 is 0 Å². The molecule has 4 heteroatoms. The summed E-state index contributed by atoms with van der Waals surface area (Å²) in [7, 11) is 0. The van der Waals surface area contributed by atoms with E-state index in [-0.39, 0.29) is 0 Å². The molecule has 2 aromatic carbocycles. The van der Waals surface area contributed by atoms with Gasteiger partial charge in [-0.3, -0.25) is 9.97 Å². The summed E-state index contributed by atoms with van der Waals surface area (Å²) in [6, 6.07) is 18.2. The van der Waals surface area contributed by atoms with Gasteiger partial charge in [0.05, 0.1) is 22.1 Å². The summed E-state index contributed by atoms with van der Waals surface area (Å²) < 4.78 is 0. The van der Waals surface area contributed by atoms with Gasteiger partial charge in [-0.05, 0) is 30.3 Å². The van der Waals surface area contributed by atoms with Crippen LogP contribution in [-0.2, 0) is 0 Å². The number of fused-ring (bicyclic) bond motifs is 4. The molecule has 5 rings (SSSR count). The highest BCUT2D eigenvalue weighted by Crippen LogP contribution is 2.32. The lowest BCUT2D eigenvalue weighted by Crippen LogP contribution is -1.89. The molecule has 3 aromatic heterocycles. The standard InChI is InChI=1S/C19H12N4/c1-2-8-16-15(7-1)22-19(23-16)14-11-12-5-3-9-20-17(12)18-13(14)6-4-10-21-18/h1-11H,(H,22,23). The van der Waals surface area contributed by atoms with Crippen LogP contribution in [0.3, 0.4) is 0 Å². The van der Waals surface area contributed by atoms with E-state index >= 15 is 0 Å². The van der Waals surface area contributed by atoms with E-state index in [0.717, 1.165) is 44.2 Å². The molecule has 23 heavy (non-hydrogen) atoms. The van der Waals surface area contributed by atoms with Crippen LogP contribution in [0.25, 0.3) is 44.2 Å². The zero-order valence-electron chi connectivity index (χ0n) is 12.2. The molecule has 1 N–H and O–H groups in total. The number of benzene rings is 2. The van der Waals surface area contributed by atoms with Crippen LogP contribution >= 0.6 is 0 Å². The van der Waals surface area contributed by atoms with Gasteiger partial charge in [0.15, 0.2) is 0 Å². The first-order valence-electron chi connectivity index (χ1n) is 7.48. The van der Waals surface area contributed by atoms with Crippen LogP contribution in [0, 0.1) is 0 Å². The number of pyridine rings is 2. The van der Waals surface area contributed by atoms with Gasteiger partial charge in [0.1, 0.15) is 5.82 Å². The summed E-state index contributed by atoms with van der Waals surface area (Å²) in [4.78, 5) is 17.2. The predicted octanol–water partition coefficient (Wildman–Crippen LogP) is 4.33. The Hall–Kier alpha value is -3.27. The highest BCUT2D eigenvalue weighted by Gasteiger charge is 2.12. The van der Waals surface area contributed by atoms with E-state index in [9.17, 15) is 0 Å².